The molecule has 112 valence electrons. The number of nitrogens with zero attached hydrogens (tertiary/aromatic N) is 2. The predicted molar refractivity (Wildman–Crippen MR) is 88.4 cm³/mol. The van der Waals surface area contributed by atoms with Gasteiger partial charge in [0.1, 0.15) is 11.0 Å². The highest BCUT2D eigenvalue weighted by Gasteiger charge is 2.19. The Balaban J connectivity index is 2.13. The zero-order chi connectivity index (χ0) is 15.4. The Morgan fingerprint density at radius 3 is 2.90 bits per heavy atom. The van der Waals surface area contributed by atoms with Gasteiger partial charge in [-0.15, -0.1) is 11.3 Å². The summed E-state index contributed by atoms with van der Waals surface area (Å²) in [5.41, 5.74) is 0.542. The van der Waals surface area contributed by atoms with Gasteiger partial charge < -0.3 is 10.2 Å². The molecule has 0 bridgehead atoms. The van der Waals surface area contributed by atoms with Gasteiger partial charge in [-0.25, -0.2) is 4.98 Å². The Labute approximate surface area is 133 Å². The number of thiophene rings is 1. The van der Waals surface area contributed by atoms with Gasteiger partial charge in [-0.2, -0.15) is 0 Å². The molecule has 1 N–H and O–H groups in total. The SMILES string of the molecule is CNc1cc(C(=O)N(C)C(C)Cc2cccs2)cc(Cl)n1. The number of anilines is 1. The average Bonchev–Trinajstić information content (AvgIpc) is 2.97. The first kappa shape index (κ1) is 15.8. The Hall–Kier alpha value is -1.59. The second kappa shape index (κ2) is 6.91. The number of aromatic nitrogens is 1. The number of nitrogens with one attached hydrogen (secondary N) is 1. The number of carbonyl (C=O) groups excluding carboxylic acids is 1. The van der Waals surface area contributed by atoms with Crippen molar-refractivity contribution in [2.75, 3.05) is 19.4 Å². The molecule has 0 aliphatic rings. The monoisotopic (exact) mass is 323 g/mol. The molecule has 1 unspecified atom stereocenters. The van der Waals surface area contributed by atoms with Crippen molar-refractivity contribution >= 4 is 34.7 Å². The molecule has 2 aromatic rings. The maximum absolute atomic E-state index is 12.6. The molecular weight excluding hydrogens is 306 g/mol. The normalized spacial score (nSPS) is 12.0. The van der Waals surface area contributed by atoms with Crippen LogP contribution in [0.2, 0.25) is 5.15 Å². The van der Waals surface area contributed by atoms with Gasteiger partial charge in [-0.1, -0.05) is 17.7 Å². The molecule has 2 heterocycles. The van der Waals surface area contributed by atoms with E-state index in [2.05, 4.69) is 16.4 Å². The minimum Gasteiger partial charge on any atom is -0.373 e. The smallest absolute Gasteiger partial charge is 0.254 e. The number of carbonyl (C=O) groups is 1. The van der Waals surface area contributed by atoms with Crippen molar-refractivity contribution in [2.24, 2.45) is 0 Å². The van der Waals surface area contributed by atoms with Crippen LogP contribution in [0, 0.1) is 0 Å². The lowest BCUT2D eigenvalue weighted by Crippen LogP contribution is -2.36. The summed E-state index contributed by atoms with van der Waals surface area (Å²) in [5, 5.41) is 5.26. The van der Waals surface area contributed by atoms with Crippen molar-refractivity contribution < 1.29 is 4.79 Å². The molecule has 2 aromatic heterocycles. The summed E-state index contributed by atoms with van der Waals surface area (Å²) in [7, 11) is 3.56. The summed E-state index contributed by atoms with van der Waals surface area (Å²) in [6.45, 7) is 2.04. The van der Waals surface area contributed by atoms with Crippen LogP contribution in [0.3, 0.4) is 0 Å². The van der Waals surface area contributed by atoms with Crippen LogP contribution in [-0.4, -0.2) is 35.9 Å². The van der Waals surface area contributed by atoms with Crippen LogP contribution in [-0.2, 0) is 6.42 Å². The maximum atomic E-state index is 12.6. The molecule has 0 fully saturated rings. The summed E-state index contributed by atoms with van der Waals surface area (Å²) >= 11 is 7.66. The number of pyridine rings is 1. The molecule has 0 spiro atoms. The van der Waals surface area contributed by atoms with Crippen LogP contribution in [0.1, 0.15) is 22.2 Å². The zero-order valence-electron chi connectivity index (χ0n) is 12.3. The van der Waals surface area contributed by atoms with E-state index in [-0.39, 0.29) is 11.9 Å². The van der Waals surface area contributed by atoms with E-state index >= 15 is 0 Å². The largest absolute Gasteiger partial charge is 0.373 e. The number of hydrogen-bond acceptors (Lipinski definition) is 4. The summed E-state index contributed by atoms with van der Waals surface area (Å²) < 4.78 is 0. The molecule has 0 aliphatic heterocycles. The van der Waals surface area contributed by atoms with Gasteiger partial charge in [0.2, 0.25) is 0 Å². The van der Waals surface area contributed by atoms with Crippen LogP contribution >= 0.6 is 22.9 Å². The summed E-state index contributed by atoms with van der Waals surface area (Å²) in [6.07, 6.45) is 0.845. The second-order valence-corrected chi connectivity index (χ2v) is 6.28. The van der Waals surface area contributed by atoms with E-state index in [0.717, 1.165) is 6.42 Å². The fraction of sp³-hybridized carbons (Fsp3) is 0.333. The van der Waals surface area contributed by atoms with E-state index in [4.69, 9.17) is 11.6 Å². The van der Waals surface area contributed by atoms with E-state index in [1.54, 1.807) is 35.4 Å². The van der Waals surface area contributed by atoms with E-state index in [0.29, 0.717) is 16.5 Å². The molecule has 2 rings (SSSR count). The van der Waals surface area contributed by atoms with Crippen LogP contribution in [0.15, 0.2) is 29.6 Å². The number of likely N-dealkylation sites (N-methyl/N-ethyl adjacent to an activating group) is 1. The number of halogens is 1. The molecule has 4 nitrogen and oxygen atoms in total. The molecule has 0 aliphatic carbocycles. The fourth-order valence-electron chi connectivity index (χ4n) is 2.01. The fourth-order valence-corrected chi connectivity index (χ4v) is 3.04. The van der Waals surface area contributed by atoms with Gasteiger partial charge in [-0.05, 0) is 30.5 Å². The third kappa shape index (κ3) is 3.95. The maximum Gasteiger partial charge on any atom is 0.254 e. The molecule has 0 saturated carbocycles. The molecule has 0 radical (unpaired) electrons. The highest BCUT2D eigenvalue weighted by Crippen LogP contribution is 2.18. The third-order valence-corrected chi connectivity index (χ3v) is 4.45. The van der Waals surface area contributed by atoms with Crippen LogP contribution in [0.5, 0.6) is 0 Å². The van der Waals surface area contributed by atoms with Crippen molar-refractivity contribution in [1.29, 1.82) is 0 Å². The quantitative estimate of drug-likeness (QED) is 0.856. The van der Waals surface area contributed by atoms with E-state index in [9.17, 15) is 4.79 Å². The minimum atomic E-state index is -0.0557. The van der Waals surface area contributed by atoms with Gasteiger partial charge in [-0.3, -0.25) is 4.79 Å². The standard InChI is InChI=1S/C15H18ClN3OS/c1-10(7-12-5-4-6-21-12)19(3)15(20)11-8-13(16)18-14(9-11)17-2/h4-6,8-10H,7H2,1-3H3,(H,17,18). The first-order valence-electron chi connectivity index (χ1n) is 6.66. The van der Waals surface area contributed by atoms with E-state index in [1.165, 1.54) is 4.88 Å². The Morgan fingerprint density at radius 1 is 1.52 bits per heavy atom. The van der Waals surface area contributed by atoms with Gasteiger partial charge in [0.05, 0.1) is 0 Å². The lowest BCUT2D eigenvalue weighted by molar-refractivity contribution is 0.0744. The Bertz CT molecular complexity index is 615. The van der Waals surface area contributed by atoms with Gasteiger partial charge >= 0.3 is 0 Å². The van der Waals surface area contributed by atoms with E-state index < -0.39 is 0 Å². The molecule has 1 amide bonds. The number of hydrogen-bond donors (Lipinski definition) is 1. The molecule has 1 atom stereocenters. The Kier molecular flexibility index (Phi) is 5.20. The molecular formula is C15H18ClN3OS. The summed E-state index contributed by atoms with van der Waals surface area (Å²) in [6, 6.07) is 7.53. The Morgan fingerprint density at radius 2 is 2.29 bits per heavy atom. The molecule has 0 saturated heterocycles. The highest BCUT2D eigenvalue weighted by molar-refractivity contribution is 7.09. The molecule has 6 heteroatoms. The third-order valence-electron chi connectivity index (χ3n) is 3.36. The van der Waals surface area contributed by atoms with Crippen LogP contribution < -0.4 is 5.32 Å². The first-order chi connectivity index (χ1) is 10.0. The van der Waals surface area contributed by atoms with Gasteiger partial charge in [0.15, 0.2) is 0 Å². The second-order valence-electron chi connectivity index (χ2n) is 4.86. The molecule has 21 heavy (non-hydrogen) atoms. The van der Waals surface area contributed by atoms with Crippen molar-refractivity contribution in [1.82, 2.24) is 9.88 Å². The average molecular weight is 324 g/mol. The van der Waals surface area contributed by atoms with Crippen LogP contribution in [0.25, 0.3) is 0 Å². The number of rotatable bonds is 5. The summed E-state index contributed by atoms with van der Waals surface area (Å²) in [4.78, 5) is 19.6. The lowest BCUT2D eigenvalue weighted by Gasteiger charge is -2.25. The zero-order valence-corrected chi connectivity index (χ0v) is 13.8. The van der Waals surface area contributed by atoms with Crippen molar-refractivity contribution in [3.8, 4) is 0 Å². The van der Waals surface area contributed by atoms with Crippen molar-refractivity contribution in [2.45, 2.75) is 19.4 Å². The van der Waals surface area contributed by atoms with Crippen molar-refractivity contribution in [3.63, 3.8) is 0 Å². The predicted octanol–water partition coefficient (Wildman–Crippen LogP) is 3.54. The van der Waals surface area contributed by atoms with Crippen LogP contribution in [0.4, 0.5) is 5.82 Å². The van der Waals surface area contributed by atoms with Gasteiger partial charge in [0.25, 0.3) is 5.91 Å². The minimum absolute atomic E-state index is 0.0557. The topological polar surface area (TPSA) is 45.2 Å². The first-order valence-corrected chi connectivity index (χ1v) is 7.92. The van der Waals surface area contributed by atoms with E-state index in [1.807, 2.05) is 25.4 Å². The van der Waals surface area contributed by atoms with Crippen molar-refractivity contribution in [3.05, 3.63) is 45.2 Å². The van der Waals surface area contributed by atoms with Gasteiger partial charge in [0, 0.05) is 37.0 Å². The highest BCUT2D eigenvalue weighted by atomic mass is 35.5. The lowest BCUT2D eigenvalue weighted by atomic mass is 10.1. The number of amides is 1. The summed E-state index contributed by atoms with van der Waals surface area (Å²) in [5.74, 6) is 0.532. The molecule has 0 aromatic carbocycles.